The van der Waals surface area contributed by atoms with Crippen molar-refractivity contribution in [2.75, 3.05) is 66.5 Å². The first-order valence-corrected chi connectivity index (χ1v) is 23.6. The number of carbonyl (C=O) groups excluding carboxylic acids is 4. The van der Waals surface area contributed by atoms with Crippen molar-refractivity contribution in [2.24, 2.45) is 11.1 Å². The number of aromatic amines is 1. The molecular weight excluding hydrogens is 916 g/mol. The summed E-state index contributed by atoms with van der Waals surface area (Å²) in [5.74, 6) is -1.22. The predicted molar refractivity (Wildman–Crippen MR) is 262 cm³/mol. The van der Waals surface area contributed by atoms with Crippen LogP contribution in [0.15, 0.2) is 85.7 Å². The Balaban J connectivity index is 0.742. The zero-order chi connectivity index (χ0) is 50.5. The maximum Gasteiger partial charge on any atom is 0.249 e. The normalized spacial score (nSPS) is 14.6. The van der Waals surface area contributed by atoms with Crippen molar-refractivity contribution >= 4 is 34.7 Å². The third-order valence-corrected chi connectivity index (χ3v) is 12.1. The molecule has 0 aliphatic carbocycles. The second-order valence-corrected chi connectivity index (χ2v) is 18.3. The van der Waals surface area contributed by atoms with E-state index in [-0.39, 0.29) is 56.1 Å². The smallest absolute Gasteiger partial charge is 0.249 e. The lowest BCUT2D eigenvalue weighted by Crippen LogP contribution is -2.61. The van der Waals surface area contributed by atoms with E-state index in [1.54, 1.807) is 49.5 Å². The molecule has 6 aromatic rings. The van der Waals surface area contributed by atoms with Gasteiger partial charge in [0.05, 0.1) is 84.3 Å². The van der Waals surface area contributed by atoms with Gasteiger partial charge in [-0.2, -0.15) is 10.2 Å². The summed E-state index contributed by atoms with van der Waals surface area (Å²) in [5.41, 5.74) is 11.7. The highest BCUT2D eigenvalue weighted by Crippen LogP contribution is 2.32. The SMILES string of the molecule is CN[C@H](C)C(=O)N[C@@H](C(=O)N1Cc2cc(OCCOCCOCCOCCOCCC(=O)n3cc(-c4cnc5[nH]cc(-c6cnn(Cc7cccc(F)c7)c6)c5c4)cn3)ccc2C[C@@H]1C(N)=O)C(C)(C)C. The molecule has 19 nitrogen and oxygen atoms in total. The Morgan fingerprint density at radius 1 is 0.845 bits per heavy atom. The highest BCUT2D eigenvalue weighted by molar-refractivity contribution is 5.96. The summed E-state index contributed by atoms with van der Waals surface area (Å²) in [7, 11) is 1.67. The number of nitrogens with two attached hydrogens (primary N) is 1. The van der Waals surface area contributed by atoms with Crippen molar-refractivity contribution in [1.29, 1.82) is 0 Å². The van der Waals surface area contributed by atoms with Gasteiger partial charge in [-0.3, -0.25) is 23.9 Å². The number of hydrogen-bond donors (Lipinski definition) is 4. The van der Waals surface area contributed by atoms with E-state index in [4.69, 9.17) is 29.4 Å². The molecule has 0 fully saturated rings. The molecule has 1 aliphatic heterocycles. The zero-order valence-electron chi connectivity index (χ0n) is 40.8. The van der Waals surface area contributed by atoms with Crippen LogP contribution in [0.2, 0.25) is 0 Å². The summed E-state index contributed by atoms with van der Waals surface area (Å²) in [6, 6.07) is 11.7. The van der Waals surface area contributed by atoms with Crippen LogP contribution in [0.25, 0.3) is 33.3 Å². The van der Waals surface area contributed by atoms with E-state index in [1.807, 2.05) is 63.5 Å². The molecular formula is C51H63FN10O9. The number of rotatable bonds is 25. The zero-order valence-corrected chi connectivity index (χ0v) is 40.8. The van der Waals surface area contributed by atoms with Crippen molar-refractivity contribution in [3.63, 3.8) is 0 Å². The fourth-order valence-electron chi connectivity index (χ4n) is 8.02. The van der Waals surface area contributed by atoms with Crippen LogP contribution in [0.5, 0.6) is 5.75 Å². The van der Waals surface area contributed by atoms with Crippen molar-refractivity contribution in [1.82, 2.24) is 45.1 Å². The van der Waals surface area contributed by atoms with Gasteiger partial charge < -0.3 is 49.9 Å². The second-order valence-electron chi connectivity index (χ2n) is 18.3. The molecule has 5 heterocycles. The van der Waals surface area contributed by atoms with Gasteiger partial charge in [-0.05, 0) is 66.4 Å². The number of aromatic nitrogens is 6. The number of H-pyrrole nitrogens is 1. The number of nitrogens with one attached hydrogen (secondary N) is 3. The Labute approximate surface area is 411 Å². The summed E-state index contributed by atoms with van der Waals surface area (Å²) in [6.45, 7) is 10.8. The van der Waals surface area contributed by atoms with E-state index in [1.165, 1.54) is 21.7 Å². The molecule has 378 valence electrons. The monoisotopic (exact) mass is 978 g/mol. The van der Waals surface area contributed by atoms with Gasteiger partial charge in [0, 0.05) is 65.4 Å². The van der Waals surface area contributed by atoms with Gasteiger partial charge in [-0.25, -0.2) is 14.1 Å². The average Bonchev–Trinajstić information content (AvgIpc) is 4.14. The number of fused-ring (bicyclic) bond motifs is 2. The Morgan fingerprint density at radius 3 is 2.24 bits per heavy atom. The van der Waals surface area contributed by atoms with Crippen LogP contribution in [0.3, 0.4) is 0 Å². The summed E-state index contributed by atoms with van der Waals surface area (Å²) in [5, 5.41) is 15.4. The molecule has 0 radical (unpaired) electrons. The summed E-state index contributed by atoms with van der Waals surface area (Å²) in [4.78, 5) is 61.5. The number of ether oxygens (including phenoxy) is 5. The van der Waals surface area contributed by atoms with Gasteiger partial charge in [0.15, 0.2) is 0 Å². The minimum atomic E-state index is -0.883. The lowest BCUT2D eigenvalue weighted by molar-refractivity contribution is -0.146. The number of nitrogens with zero attached hydrogens (tertiary/aromatic N) is 6. The maximum absolute atomic E-state index is 14.0. The fourth-order valence-corrected chi connectivity index (χ4v) is 8.02. The van der Waals surface area contributed by atoms with Crippen LogP contribution in [-0.2, 0) is 52.8 Å². The summed E-state index contributed by atoms with van der Waals surface area (Å²) >= 11 is 0. The lowest BCUT2D eigenvalue weighted by atomic mass is 9.84. The van der Waals surface area contributed by atoms with Crippen molar-refractivity contribution in [3.8, 4) is 28.0 Å². The minimum Gasteiger partial charge on any atom is -0.491 e. The molecule has 0 saturated carbocycles. The largest absolute Gasteiger partial charge is 0.491 e. The predicted octanol–water partition coefficient (Wildman–Crippen LogP) is 4.53. The number of halogens is 1. The first-order valence-electron chi connectivity index (χ1n) is 23.6. The summed E-state index contributed by atoms with van der Waals surface area (Å²) in [6.07, 6.45) is 11.0. The average molecular weight is 979 g/mol. The third kappa shape index (κ3) is 13.9. The molecule has 71 heavy (non-hydrogen) atoms. The number of primary amides is 1. The van der Waals surface area contributed by atoms with Gasteiger partial charge in [0.1, 0.15) is 35.9 Å². The van der Waals surface area contributed by atoms with Crippen molar-refractivity contribution in [3.05, 3.63) is 108 Å². The van der Waals surface area contributed by atoms with E-state index >= 15 is 0 Å². The van der Waals surface area contributed by atoms with Gasteiger partial charge in [0.2, 0.25) is 23.6 Å². The lowest BCUT2D eigenvalue weighted by Gasteiger charge is -2.40. The third-order valence-electron chi connectivity index (χ3n) is 12.1. The summed E-state index contributed by atoms with van der Waals surface area (Å²) < 4.78 is 45.2. The second kappa shape index (κ2) is 24.3. The van der Waals surface area contributed by atoms with E-state index in [9.17, 15) is 23.6 Å². The van der Waals surface area contributed by atoms with Gasteiger partial charge >= 0.3 is 0 Å². The van der Waals surface area contributed by atoms with Gasteiger partial charge in [0.25, 0.3) is 0 Å². The number of hydrogen-bond acceptors (Lipinski definition) is 13. The first kappa shape index (κ1) is 52.0. The Bertz CT molecular complexity index is 2770. The van der Waals surface area contributed by atoms with Gasteiger partial charge in [-0.15, -0.1) is 0 Å². The van der Waals surface area contributed by atoms with Crippen molar-refractivity contribution < 1.29 is 47.3 Å². The molecule has 20 heteroatoms. The van der Waals surface area contributed by atoms with E-state index < -0.39 is 29.4 Å². The standard InChI is InChI=1S/C51H63FN10O9/c1-33(54-5)49(65)59-46(51(2,3)4)50(66)61-31-37-22-41(10-9-35(37)24-44(61)47(53)64)71-20-19-70-18-17-69-16-15-68-14-13-67-12-11-45(63)62-32-38(26-58-62)36-23-42-43(28-56-48(42)55-25-36)39-27-57-60(30-39)29-34-7-6-8-40(52)21-34/h6-10,21-23,25-28,30,32-33,44,46,54H,11-20,24,29,31H2,1-5H3,(H2,53,64)(H,55,56)(H,59,65)/t33-,44-,46+/m1/s1. The van der Waals surface area contributed by atoms with Crippen LogP contribution in [-0.4, -0.2) is 143 Å². The van der Waals surface area contributed by atoms with Crippen LogP contribution in [0.4, 0.5) is 4.39 Å². The van der Waals surface area contributed by atoms with E-state index in [2.05, 4.69) is 30.8 Å². The molecule has 7 rings (SSSR count). The molecule has 0 bridgehead atoms. The fraction of sp³-hybridized carbons (Fsp3) is 0.431. The van der Waals surface area contributed by atoms with Crippen LogP contribution in [0, 0.1) is 11.2 Å². The van der Waals surface area contributed by atoms with Crippen LogP contribution >= 0.6 is 0 Å². The highest BCUT2D eigenvalue weighted by Gasteiger charge is 2.42. The van der Waals surface area contributed by atoms with Crippen LogP contribution < -0.4 is 21.1 Å². The van der Waals surface area contributed by atoms with E-state index in [0.29, 0.717) is 64.2 Å². The molecule has 0 saturated heterocycles. The Kier molecular flexibility index (Phi) is 17.8. The Morgan fingerprint density at radius 2 is 1.55 bits per heavy atom. The van der Waals surface area contributed by atoms with Gasteiger partial charge in [-0.1, -0.05) is 39.0 Å². The topological polar surface area (TPSA) is 232 Å². The molecule has 5 N–H and O–H groups in total. The Hall–Kier alpha value is -6.84. The molecule has 3 amide bonds. The maximum atomic E-state index is 14.0. The first-order chi connectivity index (χ1) is 34.2. The number of amides is 3. The van der Waals surface area contributed by atoms with E-state index in [0.717, 1.165) is 44.3 Å². The molecule has 0 spiro atoms. The quantitative estimate of drug-likeness (QED) is 0.0579. The number of likely N-dealkylation sites (N-methyl/N-ethyl adjacent to an activating group) is 1. The molecule has 4 aromatic heterocycles. The number of pyridine rings is 1. The minimum absolute atomic E-state index is 0.137. The molecule has 3 atom stereocenters. The molecule has 1 aliphatic rings. The number of benzene rings is 2. The van der Waals surface area contributed by atoms with Crippen LogP contribution in [0.1, 0.15) is 55.6 Å². The molecule has 2 aromatic carbocycles. The molecule has 0 unspecified atom stereocenters. The van der Waals surface area contributed by atoms with Crippen molar-refractivity contribution in [2.45, 2.75) is 71.8 Å². The highest BCUT2D eigenvalue weighted by atomic mass is 19.1. The number of carbonyl (C=O) groups is 4.